The van der Waals surface area contributed by atoms with Gasteiger partial charge in [0.25, 0.3) is 0 Å². The number of piperazine rings is 1. The van der Waals surface area contributed by atoms with Crippen molar-refractivity contribution in [2.75, 3.05) is 44.2 Å². The fourth-order valence-corrected chi connectivity index (χ4v) is 5.46. The lowest BCUT2D eigenvalue weighted by Crippen LogP contribution is -2.47. The van der Waals surface area contributed by atoms with E-state index in [1.54, 1.807) is 0 Å². The minimum atomic E-state index is -0.560. The molecular formula is C32H40N2O2. The summed E-state index contributed by atoms with van der Waals surface area (Å²) in [5.74, 6) is -0.0861. The van der Waals surface area contributed by atoms with Crippen LogP contribution in [0, 0.1) is 6.92 Å². The number of carbonyl (C=O) groups is 1. The second-order valence-electron chi connectivity index (χ2n) is 9.87. The highest BCUT2D eigenvalue weighted by Gasteiger charge is 2.39. The second-order valence-corrected chi connectivity index (χ2v) is 9.87. The van der Waals surface area contributed by atoms with Crippen LogP contribution in [0.25, 0.3) is 11.1 Å². The van der Waals surface area contributed by atoms with Gasteiger partial charge in [0, 0.05) is 31.9 Å². The molecule has 190 valence electrons. The van der Waals surface area contributed by atoms with Crippen LogP contribution >= 0.6 is 0 Å². The van der Waals surface area contributed by atoms with Crippen molar-refractivity contribution in [1.82, 2.24) is 4.90 Å². The molecule has 3 aromatic carbocycles. The van der Waals surface area contributed by atoms with Crippen LogP contribution in [0.4, 0.5) is 5.69 Å². The van der Waals surface area contributed by atoms with Crippen LogP contribution in [0.15, 0.2) is 78.9 Å². The summed E-state index contributed by atoms with van der Waals surface area (Å²) in [6.07, 6.45) is 2.54. The first-order valence-electron chi connectivity index (χ1n) is 13.4. The molecule has 4 rings (SSSR count). The first-order chi connectivity index (χ1) is 17.6. The number of esters is 1. The molecule has 0 N–H and O–H groups in total. The monoisotopic (exact) mass is 484 g/mol. The van der Waals surface area contributed by atoms with Crippen molar-refractivity contribution in [2.45, 2.75) is 45.4 Å². The quantitative estimate of drug-likeness (QED) is 0.309. The fraction of sp³-hybridized carbons (Fsp3) is 0.406. The number of carbonyl (C=O) groups excluding carboxylic acids is 1. The molecule has 0 amide bonds. The van der Waals surface area contributed by atoms with Crippen molar-refractivity contribution in [3.63, 3.8) is 0 Å². The molecule has 4 nitrogen and oxygen atoms in total. The van der Waals surface area contributed by atoms with Gasteiger partial charge >= 0.3 is 5.97 Å². The van der Waals surface area contributed by atoms with Gasteiger partial charge in [0.2, 0.25) is 0 Å². The summed E-state index contributed by atoms with van der Waals surface area (Å²) in [4.78, 5) is 18.1. The molecule has 1 unspecified atom stereocenters. The Morgan fingerprint density at radius 1 is 0.861 bits per heavy atom. The van der Waals surface area contributed by atoms with Crippen LogP contribution in [0.5, 0.6) is 0 Å². The summed E-state index contributed by atoms with van der Waals surface area (Å²) in [6.45, 7) is 11.7. The maximum Gasteiger partial charge on any atom is 0.316 e. The van der Waals surface area contributed by atoms with E-state index in [0.29, 0.717) is 6.61 Å². The lowest BCUT2D eigenvalue weighted by atomic mass is 9.74. The first-order valence-corrected chi connectivity index (χ1v) is 13.4. The highest BCUT2D eigenvalue weighted by molar-refractivity contribution is 5.83. The molecule has 3 aromatic rings. The lowest BCUT2D eigenvalue weighted by Gasteiger charge is -2.37. The summed E-state index contributed by atoms with van der Waals surface area (Å²) in [5.41, 5.74) is 5.64. The number of benzene rings is 3. The molecule has 0 aliphatic carbocycles. The van der Waals surface area contributed by atoms with Gasteiger partial charge in [-0.15, -0.1) is 0 Å². The average molecular weight is 485 g/mol. The molecule has 0 radical (unpaired) electrons. The largest absolute Gasteiger partial charge is 0.465 e. The van der Waals surface area contributed by atoms with Crippen LogP contribution < -0.4 is 4.90 Å². The summed E-state index contributed by atoms with van der Waals surface area (Å²) in [7, 11) is 0. The lowest BCUT2D eigenvalue weighted by molar-refractivity contribution is -0.150. The van der Waals surface area contributed by atoms with Crippen LogP contribution in [0.3, 0.4) is 0 Å². The van der Waals surface area contributed by atoms with Crippen molar-refractivity contribution >= 4 is 11.7 Å². The summed E-state index contributed by atoms with van der Waals surface area (Å²) in [6, 6.07) is 27.8. The number of rotatable bonds is 10. The molecule has 1 aliphatic rings. The van der Waals surface area contributed by atoms with Gasteiger partial charge in [-0.1, -0.05) is 79.2 Å². The maximum absolute atomic E-state index is 13.1. The van der Waals surface area contributed by atoms with Gasteiger partial charge < -0.3 is 9.64 Å². The Hall–Kier alpha value is -3.11. The van der Waals surface area contributed by atoms with E-state index in [-0.39, 0.29) is 5.97 Å². The van der Waals surface area contributed by atoms with Gasteiger partial charge in [-0.3, -0.25) is 9.69 Å². The predicted octanol–water partition coefficient (Wildman–Crippen LogP) is 6.48. The van der Waals surface area contributed by atoms with E-state index in [4.69, 9.17) is 4.74 Å². The highest BCUT2D eigenvalue weighted by atomic mass is 16.5. The molecule has 1 heterocycles. The van der Waals surface area contributed by atoms with E-state index in [9.17, 15) is 4.79 Å². The minimum Gasteiger partial charge on any atom is -0.465 e. The standard InChI is InChI=1S/C32H40N2O2/c1-4-32(31(35)36-5-2,29-15-7-6-8-16-29)18-11-19-33-20-22-34(23-21-33)30-17-10-14-28(25-30)27-13-9-12-26(3)24-27/h6-10,12-17,24-25H,4-5,11,18-23H2,1-3H3. The number of aryl methyl sites for hydroxylation is 1. The second kappa shape index (κ2) is 12.2. The zero-order chi connectivity index (χ0) is 25.4. The van der Waals surface area contributed by atoms with E-state index in [1.165, 1.54) is 22.4 Å². The Morgan fingerprint density at radius 3 is 2.22 bits per heavy atom. The van der Waals surface area contributed by atoms with Gasteiger partial charge in [0.05, 0.1) is 12.0 Å². The molecule has 0 spiro atoms. The van der Waals surface area contributed by atoms with E-state index in [2.05, 4.69) is 84.3 Å². The van der Waals surface area contributed by atoms with Gasteiger partial charge in [0.15, 0.2) is 0 Å². The van der Waals surface area contributed by atoms with E-state index >= 15 is 0 Å². The van der Waals surface area contributed by atoms with Gasteiger partial charge in [-0.05, 0) is 68.5 Å². The van der Waals surface area contributed by atoms with Gasteiger partial charge in [-0.2, -0.15) is 0 Å². The Kier molecular flexibility index (Phi) is 8.82. The predicted molar refractivity (Wildman–Crippen MR) is 150 cm³/mol. The number of hydrogen-bond acceptors (Lipinski definition) is 4. The number of anilines is 1. The third-order valence-corrected chi connectivity index (χ3v) is 7.61. The van der Waals surface area contributed by atoms with Crippen molar-refractivity contribution in [3.8, 4) is 11.1 Å². The summed E-state index contributed by atoms with van der Waals surface area (Å²) in [5, 5.41) is 0. The van der Waals surface area contributed by atoms with Crippen molar-refractivity contribution in [3.05, 3.63) is 90.0 Å². The molecule has 1 aliphatic heterocycles. The minimum absolute atomic E-state index is 0.0861. The molecule has 0 aromatic heterocycles. The molecule has 0 bridgehead atoms. The summed E-state index contributed by atoms with van der Waals surface area (Å²) >= 11 is 0. The van der Waals surface area contributed by atoms with Crippen molar-refractivity contribution < 1.29 is 9.53 Å². The SMILES string of the molecule is CCOC(=O)C(CC)(CCCN1CCN(c2cccc(-c3cccc(C)c3)c2)CC1)c1ccccc1. The first kappa shape index (κ1) is 26.0. The zero-order valence-corrected chi connectivity index (χ0v) is 22.1. The van der Waals surface area contributed by atoms with E-state index in [1.807, 2.05) is 25.1 Å². The number of ether oxygens (including phenoxy) is 1. The number of hydrogen-bond donors (Lipinski definition) is 0. The topological polar surface area (TPSA) is 32.8 Å². The summed E-state index contributed by atoms with van der Waals surface area (Å²) < 4.78 is 5.55. The average Bonchev–Trinajstić information content (AvgIpc) is 2.92. The highest BCUT2D eigenvalue weighted by Crippen LogP contribution is 2.35. The Labute approximate surface area is 216 Å². The van der Waals surface area contributed by atoms with Crippen LogP contribution in [-0.4, -0.2) is 50.2 Å². The molecule has 4 heteroatoms. The van der Waals surface area contributed by atoms with Crippen LogP contribution in [0.1, 0.15) is 44.2 Å². The molecule has 36 heavy (non-hydrogen) atoms. The zero-order valence-electron chi connectivity index (χ0n) is 22.1. The Morgan fingerprint density at radius 2 is 1.56 bits per heavy atom. The smallest absolute Gasteiger partial charge is 0.316 e. The third kappa shape index (κ3) is 5.99. The van der Waals surface area contributed by atoms with Crippen LogP contribution in [-0.2, 0) is 14.9 Å². The van der Waals surface area contributed by atoms with Crippen molar-refractivity contribution in [2.24, 2.45) is 0 Å². The maximum atomic E-state index is 13.1. The Balaban J connectivity index is 1.34. The van der Waals surface area contributed by atoms with Crippen LogP contribution in [0.2, 0.25) is 0 Å². The molecule has 1 saturated heterocycles. The molecule has 1 atom stereocenters. The van der Waals surface area contributed by atoms with Gasteiger partial charge in [0.1, 0.15) is 0 Å². The van der Waals surface area contributed by atoms with Gasteiger partial charge in [-0.25, -0.2) is 0 Å². The van der Waals surface area contributed by atoms with Crippen molar-refractivity contribution in [1.29, 1.82) is 0 Å². The fourth-order valence-electron chi connectivity index (χ4n) is 5.46. The third-order valence-electron chi connectivity index (χ3n) is 7.61. The normalized spacial score (nSPS) is 15.9. The molecule has 1 fully saturated rings. The molecular weight excluding hydrogens is 444 g/mol. The molecule has 0 saturated carbocycles. The van der Waals surface area contributed by atoms with E-state index in [0.717, 1.165) is 57.5 Å². The van der Waals surface area contributed by atoms with E-state index < -0.39 is 5.41 Å². The number of nitrogens with zero attached hydrogens (tertiary/aromatic N) is 2. The Bertz CT molecular complexity index is 1120.